The number of fused-ring (bicyclic) bond motifs is 1. The molecule has 2 N–H and O–H groups in total. The first-order valence-electron chi connectivity index (χ1n) is 10.3. The van der Waals surface area contributed by atoms with Gasteiger partial charge in [0.15, 0.2) is 16.5 Å². The van der Waals surface area contributed by atoms with Crippen LogP contribution in [0.15, 0.2) is 75.6 Å². The number of hydrogen-bond donors (Lipinski definition) is 2. The molecule has 6 nitrogen and oxygen atoms in total. The molecule has 36 heavy (non-hydrogen) atoms. The van der Waals surface area contributed by atoms with Gasteiger partial charge >= 0.3 is 0 Å². The SMILES string of the molecule is O=C(NC(=S)Nc1ccc2oc(-c3ccc(Cl)cc3Cl)nc2c1)c1ccc(-c2cccc(Cl)c2Cl)o1. The first-order valence-corrected chi connectivity index (χ1v) is 12.2. The number of aromatic nitrogens is 1. The molecule has 0 unspecified atom stereocenters. The monoisotopic (exact) mass is 575 g/mol. The zero-order valence-corrected chi connectivity index (χ0v) is 21.8. The van der Waals surface area contributed by atoms with Crippen molar-refractivity contribution in [3.63, 3.8) is 0 Å². The number of rotatable bonds is 4. The highest BCUT2D eigenvalue weighted by Crippen LogP contribution is 2.35. The topological polar surface area (TPSA) is 80.3 Å². The molecule has 5 rings (SSSR count). The summed E-state index contributed by atoms with van der Waals surface area (Å²) in [6.07, 6.45) is 0. The maximum absolute atomic E-state index is 12.6. The first kappa shape index (κ1) is 24.6. The molecule has 11 heteroatoms. The quantitative estimate of drug-likeness (QED) is 0.209. The van der Waals surface area contributed by atoms with E-state index in [1.807, 2.05) is 0 Å². The lowest BCUT2D eigenvalue weighted by Gasteiger charge is -2.08. The van der Waals surface area contributed by atoms with E-state index in [4.69, 9.17) is 67.5 Å². The second-order valence-electron chi connectivity index (χ2n) is 7.50. The van der Waals surface area contributed by atoms with E-state index < -0.39 is 5.91 Å². The van der Waals surface area contributed by atoms with E-state index in [1.54, 1.807) is 60.7 Å². The molecule has 0 bridgehead atoms. The van der Waals surface area contributed by atoms with E-state index in [9.17, 15) is 4.79 Å². The summed E-state index contributed by atoms with van der Waals surface area (Å²) in [7, 11) is 0. The molecule has 3 aromatic carbocycles. The van der Waals surface area contributed by atoms with Gasteiger partial charge in [-0.25, -0.2) is 4.98 Å². The number of thiocarbonyl (C=S) groups is 1. The Morgan fingerprint density at radius 2 is 1.69 bits per heavy atom. The smallest absolute Gasteiger partial charge is 0.293 e. The van der Waals surface area contributed by atoms with Gasteiger partial charge in [-0.1, -0.05) is 52.5 Å². The molecule has 2 aromatic heterocycles. The fraction of sp³-hybridized carbons (Fsp3) is 0. The Morgan fingerprint density at radius 3 is 2.50 bits per heavy atom. The predicted molar refractivity (Wildman–Crippen MR) is 147 cm³/mol. The number of carbonyl (C=O) groups is 1. The first-order chi connectivity index (χ1) is 17.3. The number of nitrogens with one attached hydrogen (secondary N) is 2. The van der Waals surface area contributed by atoms with Crippen LogP contribution < -0.4 is 10.6 Å². The molecule has 0 spiro atoms. The molecule has 2 heterocycles. The second-order valence-corrected chi connectivity index (χ2v) is 9.54. The summed E-state index contributed by atoms with van der Waals surface area (Å²) < 4.78 is 11.5. The highest BCUT2D eigenvalue weighted by atomic mass is 35.5. The highest BCUT2D eigenvalue weighted by Gasteiger charge is 2.17. The van der Waals surface area contributed by atoms with Crippen LogP contribution in [0.25, 0.3) is 33.9 Å². The third-order valence-electron chi connectivity index (χ3n) is 5.08. The predicted octanol–water partition coefficient (Wildman–Crippen LogP) is 8.50. The van der Waals surface area contributed by atoms with Crippen LogP contribution in [0.1, 0.15) is 10.6 Å². The molecular weight excluding hydrogens is 564 g/mol. The van der Waals surface area contributed by atoms with Gasteiger partial charge in [-0.15, -0.1) is 0 Å². The van der Waals surface area contributed by atoms with E-state index in [-0.39, 0.29) is 10.9 Å². The number of halogens is 4. The fourth-order valence-corrected chi connectivity index (χ4v) is 4.50. The highest BCUT2D eigenvalue weighted by molar-refractivity contribution is 7.80. The second kappa shape index (κ2) is 10.1. The lowest BCUT2D eigenvalue weighted by atomic mass is 10.2. The summed E-state index contributed by atoms with van der Waals surface area (Å²) in [6.45, 7) is 0. The molecule has 0 aliphatic carbocycles. The van der Waals surface area contributed by atoms with Gasteiger partial charge in [0.1, 0.15) is 11.3 Å². The van der Waals surface area contributed by atoms with Gasteiger partial charge in [0.2, 0.25) is 5.89 Å². The Bertz CT molecular complexity index is 1650. The Morgan fingerprint density at radius 1 is 0.861 bits per heavy atom. The van der Waals surface area contributed by atoms with Crippen molar-refractivity contribution in [2.45, 2.75) is 0 Å². The standard InChI is InChI=1S/C25H13Cl4N3O3S/c26-12-4-6-14(17(28)10-12)24-31-18-11-13(5-7-20(18)35-24)30-25(36)32-23(33)21-9-8-19(34-21)15-2-1-3-16(27)22(15)29/h1-11H,(H2,30,32,33,36). The summed E-state index contributed by atoms with van der Waals surface area (Å²) >= 11 is 29.8. The van der Waals surface area contributed by atoms with Gasteiger partial charge in [0, 0.05) is 16.3 Å². The van der Waals surface area contributed by atoms with Crippen LogP contribution >= 0.6 is 58.6 Å². The molecule has 0 atom stereocenters. The van der Waals surface area contributed by atoms with Crippen LogP contribution in [0.4, 0.5) is 5.69 Å². The van der Waals surface area contributed by atoms with Crippen molar-refractivity contribution in [1.29, 1.82) is 0 Å². The number of oxazole rings is 1. The van der Waals surface area contributed by atoms with E-state index in [0.29, 0.717) is 59.7 Å². The Kier molecular flexibility index (Phi) is 6.92. The van der Waals surface area contributed by atoms with Crippen molar-refractivity contribution in [2.75, 3.05) is 5.32 Å². The average Bonchev–Trinajstić information content (AvgIpc) is 3.48. The van der Waals surface area contributed by atoms with E-state index in [1.165, 1.54) is 6.07 Å². The number of anilines is 1. The zero-order chi connectivity index (χ0) is 25.4. The van der Waals surface area contributed by atoms with Gasteiger partial charge in [0.25, 0.3) is 5.91 Å². The van der Waals surface area contributed by atoms with Gasteiger partial charge in [-0.2, -0.15) is 0 Å². The molecule has 0 radical (unpaired) electrons. The number of amides is 1. The molecule has 0 aliphatic heterocycles. The van der Waals surface area contributed by atoms with Crippen molar-refractivity contribution in [3.8, 4) is 22.8 Å². The van der Waals surface area contributed by atoms with Crippen molar-refractivity contribution >= 4 is 86.4 Å². The van der Waals surface area contributed by atoms with Gasteiger partial charge in [-0.05, 0) is 72.9 Å². The molecular formula is C25H13Cl4N3O3S. The lowest BCUT2D eigenvalue weighted by molar-refractivity contribution is 0.0951. The third-order valence-corrected chi connectivity index (χ3v) is 6.65. The minimum absolute atomic E-state index is 0.0571. The number of furan rings is 1. The Balaban J connectivity index is 1.28. The van der Waals surface area contributed by atoms with Crippen molar-refractivity contribution in [3.05, 3.63) is 92.6 Å². The van der Waals surface area contributed by atoms with Crippen molar-refractivity contribution < 1.29 is 13.6 Å². The van der Waals surface area contributed by atoms with E-state index in [2.05, 4.69) is 15.6 Å². The van der Waals surface area contributed by atoms with Crippen molar-refractivity contribution in [1.82, 2.24) is 10.3 Å². The number of nitrogens with zero attached hydrogens (tertiary/aromatic N) is 1. The zero-order valence-electron chi connectivity index (χ0n) is 17.9. The minimum atomic E-state index is -0.529. The number of hydrogen-bond acceptors (Lipinski definition) is 5. The van der Waals surface area contributed by atoms with Crippen LogP contribution in [0.5, 0.6) is 0 Å². The minimum Gasteiger partial charge on any atom is -0.451 e. The van der Waals surface area contributed by atoms with Gasteiger partial charge < -0.3 is 14.2 Å². The largest absolute Gasteiger partial charge is 0.451 e. The van der Waals surface area contributed by atoms with Gasteiger partial charge in [0.05, 0.1) is 20.6 Å². The van der Waals surface area contributed by atoms with E-state index >= 15 is 0 Å². The summed E-state index contributed by atoms with van der Waals surface area (Å²) in [4.78, 5) is 17.1. The van der Waals surface area contributed by atoms with Crippen LogP contribution in [-0.4, -0.2) is 16.0 Å². The molecule has 0 saturated heterocycles. The molecule has 0 fully saturated rings. The summed E-state index contributed by atoms with van der Waals surface area (Å²) in [5.74, 6) is 0.286. The maximum atomic E-state index is 12.6. The summed E-state index contributed by atoms with van der Waals surface area (Å²) in [5, 5.41) is 7.27. The maximum Gasteiger partial charge on any atom is 0.293 e. The van der Waals surface area contributed by atoms with Crippen LogP contribution in [0.3, 0.4) is 0 Å². The van der Waals surface area contributed by atoms with Crippen LogP contribution in [0.2, 0.25) is 20.1 Å². The summed E-state index contributed by atoms with van der Waals surface area (Å²) in [6, 6.07) is 18.6. The van der Waals surface area contributed by atoms with Gasteiger partial charge in [-0.3, -0.25) is 10.1 Å². The average molecular weight is 577 g/mol. The lowest BCUT2D eigenvalue weighted by Crippen LogP contribution is -2.33. The molecule has 0 saturated carbocycles. The number of benzene rings is 3. The van der Waals surface area contributed by atoms with E-state index in [0.717, 1.165) is 0 Å². The molecule has 0 aliphatic rings. The normalized spacial score (nSPS) is 11.0. The molecule has 1 amide bonds. The fourth-order valence-electron chi connectivity index (χ4n) is 3.41. The summed E-state index contributed by atoms with van der Waals surface area (Å²) in [5.41, 5.74) is 2.92. The van der Waals surface area contributed by atoms with Crippen LogP contribution in [0, 0.1) is 0 Å². The Hall–Kier alpha value is -3.07. The number of carbonyl (C=O) groups excluding carboxylic acids is 1. The molecule has 180 valence electrons. The van der Waals surface area contributed by atoms with Crippen LogP contribution in [-0.2, 0) is 0 Å². The Labute approximate surface area is 230 Å². The molecule has 5 aromatic rings. The third kappa shape index (κ3) is 5.07. The van der Waals surface area contributed by atoms with Crippen molar-refractivity contribution in [2.24, 2.45) is 0 Å².